The highest BCUT2D eigenvalue weighted by Crippen LogP contribution is 2.20. The molecule has 7 heteroatoms. The zero-order chi connectivity index (χ0) is 22.2. The van der Waals surface area contributed by atoms with Crippen LogP contribution in [0.25, 0.3) is 0 Å². The second-order valence-corrected chi connectivity index (χ2v) is 8.36. The summed E-state index contributed by atoms with van der Waals surface area (Å²) >= 11 is 0. The normalized spacial score (nSPS) is 19.4. The van der Waals surface area contributed by atoms with E-state index < -0.39 is 5.60 Å². The molecular weight excluding hydrogens is 406 g/mol. The van der Waals surface area contributed by atoms with Crippen molar-refractivity contribution in [2.75, 3.05) is 39.5 Å². The lowest BCUT2D eigenvalue weighted by Gasteiger charge is -2.30. The van der Waals surface area contributed by atoms with Gasteiger partial charge in [0.15, 0.2) is 0 Å². The van der Waals surface area contributed by atoms with Crippen LogP contribution >= 0.6 is 0 Å². The summed E-state index contributed by atoms with van der Waals surface area (Å²) in [7, 11) is 0. The average molecular weight is 438 g/mol. The molecule has 3 aromatic rings. The van der Waals surface area contributed by atoms with E-state index in [-0.39, 0.29) is 13.2 Å². The Balaban J connectivity index is 1.32. The molecule has 0 bridgehead atoms. The largest absolute Gasteiger partial charge is 0.492 e. The number of β-amino-alcohol motifs (C(OH)–C–C–N with tert-alkyl or cyclic N) is 1. The van der Waals surface area contributed by atoms with Crippen LogP contribution in [0.15, 0.2) is 67.0 Å². The Kier molecular flexibility index (Phi) is 7.42. The van der Waals surface area contributed by atoms with E-state index in [9.17, 15) is 5.11 Å². The number of benzene rings is 2. The summed E-state index contributed by atoms with van der Waals surface area (Å²) < 4.78 is 19.3. The van der Waals surface area contributed by atoms with E-state index in [1.807, 2.05) is 60.3 Å². The van der Waals surface area contributed by atoms with Crippen LogP contribution in [0.2, 0.25) is 0 Å². The van der Waals surface area contributed by atoms with Gasteiger partial charge in [0.2, 0.25) is 0 Å². The third kappa shape index (κ3) is 6.56. The molecule has 0 saturated carbocycles. The summed E-state index contributed by atoms with van der Waals surface area (Å²) in [5.74, 6) is 1.59. The minimum atomic E-state index is -1.07. The molecule has 1 aliphatic heterocycles. The van der Waals surface area contributed by atoms with Crippen molar-refractivity contribution in [3.05, 3.63) is 78.1 Å². The van der Waals surface area contributed by atoms with Crippen LogP contribution < -0.4 is 9.47 Å². The van der Waals surface area contributed by atoms with Crippen LogP contribution in [0.1, 0.15) is 11.1 Å². The fourth-order valence-electron chi connectivity index (χ4n) is 3.82. The Morgan fingerprint density at radius 1 is 1.09 bits per heavy atom. The lowest BCUT2D eigenvalue weighted by molar-refractivity contribution is -0.0646. The lowest BCUT2D eigenvalue weighted by atomic mass is 10.1. The summed E-state index contributed by atoms with van der Waals surface area (Å²) in [5.41, 5.74) is 1.18. The van der Waals surface area contributed by atoms with Gasteiger partial charge in [0.1, 0.15) is 30.3 Å². The molecule has 0 spiro atoms. The minimum absolute atomic E-state index is 0.184. The van der Waals surface area contributed by atoms with Crippen LogP contribution in [0.5, 0.6) is 11.5 Å². The number of hydrogen-bond acceptors (Lipinski definition) is 6. The van der Waals surface area contributed by atoms with Gasteiger partial charge in [-0.05, 0) is 48.4 Å². The smallest absolute Gasteiger partial charge is 0.134 e. The van der Waals surface area contributed by atoms with E-state index in [0.29, 0.717) is 32.8 Å². The van der Waals surface area contributed by atoms with Crippen LogP contribution in [-0.4, -0.2) is 64.9 Å². The average Bonchev–Trinajstić information content (AvgIpc) is 3.22. The number of nitrogens with zero attached hydrogens (tertiary/aromatic N) is 3. The van der Waals surface area contributed by atoms with Gasteiger partial charge in [0.05, 0.1) is 19.8 Å². The molecule has 0 radical (unpaired) electrons. The van der Waals surface area contributed by atoms with Gasteiger partial charge in [-0.15, -0.1) is 0 Å². The molecule has 1 fully saturated rings. The molecule has 2 aromatic carbocycles. The Bertz CT molecular complexity index is 979. The zero-order valence-electron chi connectivity index (χ0n) is 18.5. The van der Waals surface area contributed by atoms with Gasteiger partial charge in [0, 0.05) is 32.0 Å². The fourth-order valence-corrected chi connectivity index (χ4v) is 3.82. The van der Waals surface area contributed by atoms with Crippen LogP contribution in [-0.2, 0) is 17.8 Å². The molecule has 1 N–H and O–H groups in total. The number of aryl methyl sites for hydroxylation is 1. The SMILES string of the molecule is Cc1cccc(OC[C@@]2(O)COCCN(Cc3cccc(OCCn4cccn4)c3)C2)c1. The molecule has 170 valence electrons. The fraction of sp³-hybridized carbons (Fsp3) is 0.400. The van der Waals surface area contributed by atoms with Crippen molar-refractivity contribution in [1.82, 2.24) is 14.7 Å². The molecule has 4 rings (SSSR count). The Hall–Kier alpha value is -2.87. The van der Waals surface area contributed by atoms with Crippen molar-refractivity contribution in [3.8, 4) is 11.5 Å². The second-order valence-electron chi connectivity index (χ2n) is 8.36. The van der Waals surface area contributed by atoms with Crippen molar-refractivity contribution < 1.29 is 19.3 Å². The summed E-state index contributed by atoms with van der Waals surface area (Å²) in [4.78, 5) is 2.20. The monoisotopic (exact) mass is 437 g/mol. The third-order valence-corrected chi connectivity index (χ3v) is 5.39. The predicted octanol–water partition coefficient (Wildman–Crippen LogP) is 2.91. The first-order valence-corrected chi connectivity index (χ1v) is 11.0. The number of ether oxygens (including phenoxy) is 3. The first kappa shape index (κ1) is 22.3. The van der Waals surface area contributed by atoms with Gasteiger partial charge in [-0.1, -0.05) is 24.3 Å². The number of aliphatic hydroxyl groups is 1. The van der Waals surface area contributed by atoms with E-state index in [4.69, 9.17) is 14.2 Å². The quantitative estimate of drug-likeness (QED) is 0.555. The van der Waals surface area contributed by atoms with Gasteiger partial charge < -0.3 is 19.3 Å². The van der Waals surface area contributed by atoms with Crippen molar-refractivity contribution in [2.45, 2.75) is 25.6 Å². The van der Waals surface area contributed by atoms with Crippen LogP contribution in [0.3, 0.4) is 0 Å². The predicted molar refractivity (Wildman–Crippen MR) is 122 cm³/mol. The zero-order valence-corrected chi connectivity index (χ0v) is 18.5. The van der Waals surface area contributed by atoms with Gasteiger partial charge in [0.25, 0.3) is 0 Å². The van der Waals surface area contributed by atoms with E-state index in [2.05, 4.69) is 22.1 Å². The lowest BCUT2D eigenvalue weighted by Crippen LogP contribution is -2.48. The Labute approximate surface area is 189 Å². The van der Waals surface area contributed by atoms with E-state index in [1.54, 1.807) is 6.20 Å². The molecule has 1 atom stereocenters. The summed E-state index contributed by atoms with van der Waals surface area (Å²) in [6.07, 6.45) is 3.68. The summed E-state index contributed by atoms with van der Waals surface area (Å²) in [6, 6.07) is 17.8. The number of hydrogen-bond donors (Lipinski definition) is 1. The van der Waals surface area contributed by atoms with Crippen molar-refractivity contribution in [1.29, 1.82) is 0 Å². The highest BCUT2D eigenvalue weighted by molar-refractivity contribution is 5.29. The molecule has 32 heavy (non-hydrogen) atoms. The second kappa shape index (κ2) is 10.6. The molecule has 1 saturated heterocycles. The molecule has 0 amide bonds. The maximum atomic E-state index is 11.2. The maximum absolute atomic E-state index is 11.2. The van der Waals surface area contributed by atoms with Crippen LogP contribution in [0, 0.1) is 6.92 Å². The molecule has 0 aliphatic carbocycles. The van der Waals surface area contributed by atoms with Gasteiger partial charge in [-0.25, -0.2) is 0 Å². The molecule has 1 aliphatic rings. The summed E-state index contributed by atoms with van der Waals surface area (Å²) in [5, 5.41) is 15.4. The Morgan fingerprint density at radius 2 is 1.94 bits per heavy atom. The highest BCUT2D eigenvalue weighted by atomic mass is 16.5. The Morgan fingerprint density at radius 3 is 2.75 bits per heavy atom. The van der Waals surface area contributed by atoms with Crippen molar-refractivity contribution in [3.63, 3.8) is 0 Å². The topological polar surface area (TPSA) is 69.0 Å². The van der Waals surface area contributed by atoms with E-state index in [1.165, 1.54) is 0 Å². The highest BCUT2D eigenvalue weighted by Gasteiger charge is 2.33. The number of rotatable bonds is 9. The van der Waals surface area contributed by atoms with Gasteiger partial charge in [-0.2, -0.15) is 5.10 Å². The molecule has 7 nitrogen and oxygen atoms in total. The molecular formula is C25H31N3O4. The maximum Gasteiger partial charge on any atom is 0.134 e. The summed E-state index contributed by atoms with van der Waals surface area (Å²) in [6.45, 7) is 6.22. The first-order valence-electron chi connectivity index (χ1n) is 11.0. The number of aromatic nitrogens is 2. The molecule has 2 heterocycles. The minimum Gasteiger partial charge on any atom is -0.492 e. The van der Waals surface area contributed by atoms with Crippen molar-refractivity contribution in [2.24, 2.45) is 0 Å². The third-order valence-electron chi connectivity index (χ3n) is 5.39. The van der Waals surface area contributed by atoms with Gasteiger partial charge >= 0.3 is 0 Å². The van der Waals surface area contributed by atoms with Crippen LogP contribution in [0.4, 0.5) is 0 Å². The van der Waals surface area contributed by atoms with E-state index in [0.717, 1.165) is 29.2 Å². The van der Waals surface area contributed by atoms with Gasteiger partial charge in [-0.3, -0.25) is 9.58 Å². The molecule has 0 unspecified atom stereocenters. The van der Waals surface area contributed by atoms with Crippen molar-refractivity contribution >= 4 is 0 Å². The first-order chi connectivity index (χ1) is 15.6. The standard InChI is InChI=1S/C25H31N3O4/c1-21-5-2-7-23(15-21)32-20-25(29)18-27(11-13-30-19-25)17-22-6-3-8-24(16-22)31-14-12-28-10-4-9-26-28/h2-10,15-16,29H,11-14,17-20H2,1H3/t25-/m0/s1. The van der Waals surface area contributed by atoms with E-state index >= 15 is 0 Å². The molecule has 1 aromatic heterocycles.